The van der Waals surface area contributed by atoms with Crippen LogP contribution in [0.15, 0.2) is 36.4 Å². The van der Waals surface area contributed by atoms with E-state index in [0.29, 0.717) is 65.7 Å². The number of ether oxygens (including phenoxy) is 4. The number of aliphatic hydroxyl groups excluding tert-OH is 1. The molecule has 0 radical (unpaired) electrons. The van der Waals surface area contributed by atoms with E-state index < -0.39 is 6.10 Å². The fourth-order valence-corrected chi connectivity index (χ4v) is 5.23. The molecule has 2 N–H and O–H groups in total. The number of piperidine rings is 2. The van der Waals surface area contributed by atoms with Crippen molar-refractivity contribution in [1.29, 1.82) is 5.26 Å². The van der Waals surface area contributed by atoms with Crippen LogP contribution in [0.1, 0.15) is 12.0 Å². The van der Waals surface area contributed by atoms with E-state index in [4.69, 9.17) is 24.2 Å². The number of fused-ring (bicyclic) bond motifs is 2. The quantitative estimate of drug-likeness (QED) is 0.529. The van der Waals surface area contributed by atoms with E-state index in [1.54, 1.807) is 36.4 Å². The molecule has 2 heterocycles. The van der Waals surface area contributed by atoms with Crippen molar-refractivity contribution in [1.82, 2.24) is 9.80 Å². The third-order valence-corrected chi connectivity index (χ3v) is 6.75. The van der Waals surface area contributed by atoms with Gasteiger partial charge < -0.3 is 34.3 Å². The van der Waals surface area contributed by atoms with Crippen LogP contribution in [0.4, 0.5) is 10.5 Å². The van der Waals surface area contributed by atoms with Gasteiger partial charge in [0.25, 0.3) is 0 Å². The van der Waals surface area contributed by atoms with Gasteiger partial charge >= 0.3 is 6.03 Å². The molecule has 2 aromatic carbocycles. The average molecular weight is 511 g/mol. The van der Waals surface area contributed by atoms with Crippen molar-refractivity contribution in [3.63, 3.8) is 0 Å². The molecule has 0 saturated carbocycles. The van der Waals surface area contributed by atoms with Gasteiger partial charge in [0.1, 0.15) is 18.5 Å². The Morgan fingerprint density at radius 3 is 2.22 bits per heavy atom. The number of aliphatic hydroxyl groups is 1. The van der Waals surface area contributed by atoms with Crippen molar-refractivity contribution >= 4 is 11.7 Å². The van der Waals surface area contributed by atoms with E-state index in [-0.39, 0.29) is 12.6 Å². The van der Waals surface area contributed by atoms with Gasteiger partial charge in [-0.1, -0.05) is 0 Å². The largest absolute Gasteiger partial charge is 0.493 e. The summed E-state index contributed by atoms with van der Waals surface area (Å²) in [6.07, 6.45) is 0.441. The van der Waals surface area contributed by atoms with Gasteiger partial charge in [-0.05, 0) is 42.5 Å². The van der Waals surface area contributed by atoms with Gasteiger partial charge in [-0.2, -0.15) is 5.26 Å². The minimum Gasteiger partial charge on any atom is -0.493 e. The SMILES string of the molecule is COc1cc(NC(=O)N2CC3CC(CN(CC(O)COc4ccc(C#N)cc4)C3)C2)cc(OC)c1OC. The number of methoxy groups -OCH3 is 3. The van der Waals surface area contributed by atoms with Crippen LogP contribution in [0.5, 0.6) is 23.0 Å². The first-order valence-corrected chi connectivity index (χ1v) is 12.3. The van der Waals surface area contributed by atoms with Crippen molar-refractivity contribution in [3.8, 4) is 29.1 Å². The van der Waals surface area contributed by atoms with E-state index in [1.807, 2.05) is 4.90 Å². The fourth-order valence-electron chi connectivity index (χ4n) is 5.23. The molecule has 2 aliphatic rings. The minimum atomic E-state index is -0.631. The molecule has 10 heteroatoms. The van der Waals surface area contributed by atoms with Crippen molar-refractivity contribution in [2.24, 2.45) is 11.8 Å². The van der Waals surface area contributed by atoms with E-state index >= 15 is 0 Å². The van der Waals surface area contributed by atoms with E-state index in [1.165, 1.54) is 21.3 Å². The Morgan fingerprint density at radius 1 is 1.05 bits per heavy atom. The highest BCUT2D eigenvalue weighted by molar-refractivity contribution is 5.90. The number of nitrogens with one attached hydrogen (secondary N) is 1. The van der Waals surface area contributed by atoms with Crippen molar-refractivity contribution in [3.05, 3.63) is 42.0 Å². The predicted octanol–water partition coefficient (Wildman–Crippen LogP) is 2.81. The summed E-state index contributed by atoms with van der Waals surface area (Å²) in [5, 5.41) is 22.4. The molecule has 0 aliphatic carbocycles. The van der Waals surface area contributed by atoms with Gasteiger partial charge in [0, 0.05) is 44.9 Å². The molecule has 2 aliphatic heterocycles. The first kappa shape index (κ1) is 26.4. The smallest absolute Gasteiger partial charge is 0.321 e. The fraction of sp³-hybridized carbons (Fsp3) is 0.481. The number of carbonyl (C=O) groups excluding carboxylic acids is 1. The Bertz CT molecular complexity index is 1080. The maximum Gasteiger partial charge on any atom is 0.321 e. The first-order chi connectivity index (χ1) is 17.9. The molecule has 3 unspecified atom stereocenters. The maximum absolute atomic E-state index is 13.1. The molecule has 3 atom stereocenters. The number of amides is 2. The van der Waals surface area contributed by atoms with Crippen LogP contribution in [0.3, 0.4) is 0 Å². The molecule has 2 saturated heterocycles. The van der Waals surface area contributed by atoms with Crippen LogP contribution in [-0.4, -0.2) is 87.7 Å². The number of hydrogen-bond acceptors (Lipinski definition) is 8. The van der Waals surface area contributed by atoms with Gasteiger partial charge in [0.2, 0.25) is 5.75 Å². The second-order valence-electron chi connectivity index (χ2n) is 9.54. The summed E-state index contributed by atoms with van der Waals surface area (Å²) in [5.41, 5.74) is 1.14. The summed E-state index contributed by atoms with van der Waals surface area (Å²) in [7, 11) is 4.61. The number of anilines is 1. The van der Waals surface area contributed by atoms with Crippen LogP contribution in [0, 0.1) is 23.2 Å². The molecular formula is C27H34N4O6. The Morgan fingerprint density at radius 2 is 1.68 bits per heavy atom. The molecule has 2 aromatic rings. The number of likely N-dealkylation sites (tertiary alicyclic amines) is 2. The number of β-amino-alcohol motifs (C(OH)–C–C–N with tert-alkyl or cyclic N) is 1. The molecule has 2 fully saturated rings. The van der Waals surface area contributed by atoms with Crippen LogP contribution in [0.2, 0.25) is 0 Å². The summed E-state index contributed by atoms with van der Waals surface area (Å²) < 4.78 is 21.8. The summed E-state index contributed by atoms with van der Waals surface area (Å²) in [5.74, 6) is 2.73. The second kappa shape index (κ2) is 12.0. The van der Waals surface area contributed by atoms with Gasteiger partial charge in [-0.3, -0.25) is 4.90 Å². The number of urea groups is 1. The molecule has 198 valence electrons. The van der Waals surface area contributed by atoms with Gasteiger partial charge in [-0.25, -0.2) is 4.79 Å². The van der Waals surface area contributed by atoms with Crippen molar-refractivity contribution < 1.29 is 28.8 Å². The van der Waals surface area contributed by atoms with Crippen LogP contribution < -0.4 is 24.3 Å². The molecule has 2 amide bonds. The zero-order valence-electron chi connectivity index (χ0n) is 21.5. The molecule has 0 aromatic heterocycles. The monoisotopic (exact) mass is 510 g/mol. The summed E-state index contributed by atoms with van der Waals surface area (Å²) in [6, 6.07) is 12.2. The standard InChI is InChI=1S/C27H34N4O6/c1-34-24-9-21(10-25(35-2)26(24)36-3)29-27(33)31-14-19-8-20(15-31)13-30(12-19)16-22(32)17-37-23-6-4-18(11-28)5-7-23/h4-7,9-10,19-20,22,32H,8,12-17H2,1-3H3,(H,29,33). The zero-order valence-corrected chi connectivity index (χ0v) is 21.5. The Kier molecular flexibility index (Phi) is 8.58. The Labute approximate surface area is 217 Å². The van der Waals surface area contributed by atoms with Crippen LogP contribution in [-0.2, 0) is 0 Å². The van der Waals surface area contributed by atoms with Crippen LogP contribution in [0.25, 0.3) is 0 Å². The normalized spacial score (nSPS) is 19.9. The van der Waals surface area contributed by atoms with Gasteiger partial charge in [-0.15, -0.1) is 0 Å². The van der Waals surface area contributed by atoms with Gasteiger partial charge in [0.05, 0.1) is 38.6 Å². The average Bonchev–Trinajstić information content (AvgIpc) is 2.91. The zero-order chi connectivity index (χ0) is 26.4. The lowest BCUT2D eigenvalue weighted by Gasteiger charge is -2.46. The maximum atomic E-state index is 13.1. The highest BCUT2D eigenvalue weighted by atomic mass is 16.5. The number of carbonyl (C=O) groups is 1. The van der Waals surface area contributed by atoms with Crippen molar-refractivity contribution in [2.75, 3.05) is 66.0 Å². The number of benzene rings is 2. The molecule has 10 nitrogen and oxygen atoms in total. The predicted molar refractivity (Wildman–Crippen MR) is 137 cm³/mol. The number of rotatable bonds is 9. The van der Waals surface area contributed by atoms with Crippen molar-refractivity contribution in [2.45, 2.75) is 12.5 Å². The third-order valence-electron chi connectivity index (χ3n) is 6.75. The molecule has 4 rings (SSSR count). The number of hydrogen-bond donors (Lipinski definition) is 2. The Hall–Kier alpha value is -3.68. The van der Waals surface area contributed by atoms with Gasteiger partial charge in [0.15, 0.2) is 11.5 Å². The topological polar surface area (TPSA) is 117 Å². The van der Waals surface area contributed by atoms with E-state index in [9.17, 15) is 9.90 Å². The van der Waals surface area contributed by atoms with E-state index in [0.717, 1.165) is 19.5 Å². The lowest BCUT2D eigenvalue weighted by atomic mass is 9.84. The minimum absolute atomic E-state index is 0.159. The first-order valence-electron chi connectivity index (χ1n) is 12.3. The molecular weight excluding hydrogens is 476 g/mol. The third kappa shape index (κ3) is 6.56. The molecule has 37 heavy (non-hydrogen) atoms. The molecule has 0 spiro atoms. The highest BCUT2D eigenvalue weighted by Gasteiger charge is 2.36. The van der Waals surface area contributed by atoms with Crippen LogP contribution >= 0.6 is 0 Å². The second-order valence-corrected chi connectivity index (χ2v) is 9.54. The highest BCUT2D eigenvalue weighted by Crippen LogP contribution is 2.40. The summed E-state index contributed by atoms with van der Waals surface area (Å²) in [4.78, 5) is 17.2. The summed E-state index contributed by atoms with van der Waals surface area (Å²) >= 11 is 0. The van der Waals surface area contributed by atoms with E-state index in [2.05, 4.69) is 16.3 Å². The number of nitrogens with zero attached hydrogens (tertiary/aromatic N) is 3. The lowest BCUT2D eigenvalue weighted by Crippen LogP contribution is -2.56. The molecule has 2 bridgehead atoms. The Balaban J connectivity index is 1.28. The lowest BCUT2D eigenvalue weighted by molar-refractivity contribution is 0.0105. The number of nitriles is 1. The summed E-state index contributed by atoms with van der Waals surface area (Å²) in [6.45, 7) is 3.64.